The lowest BCUT2D eigenvalue weighted by molar-refractivity contribution is 0.100. The van der Waals surface area contributed by atoms with Crippen molar-refractivity contribution in [2.45, 2.75) is 13.8 Å². The zero-order valence-corrected chi connectivity index (χ0v) is 14.8. The highest BCUT2D eigenvalue weighted by Crippen LogP contribution is 1.98. The lowest BCUT2D eigenvalue weighted by Gasteiger charge is -1.89. The van der Waals surface area contributed by atoms with E-state index in [4.69, 9.17) is 0 Å². The molecule has 0 aliphatic carbocycles. The summed E-state index contributed by atoms with van der Waals surface area (Å²) in [5, 5.41) is 0. The zero-order chi connectivity index (χ0) is 13.4. The van der Waals surface area contributed by atoms with Crippen LogP contribution >= 0.6 is 34.0 Å². The van der Waals surface area contributed by atoms with Crippen molar-refractivity contribution in [2.75, 3.05) is 0 Å². The highest BCUT2D eigenvalue weighted by Gasteiger charge is 1.93. The minimum absolute atomic E-state index is 0. The van der Waals surface area contributed by atoms with E-state index < -0.39 is 0 Å². The third kappa shape index (κ3) is 8.02. The van der Waals surface area contributed by atoms with Crippen LogP contribution in [-0.4, -0.2) is 11.6 Å². The van der Waals surface area contributed by atoms with Gasteiger partial charge < -0.3 is 0 Å². The number of hydrogen-bond donors (Lipinski definition) is 0. The zero-order valence-electron chi connectivity index (χ0n) is 11.4. The number of carbonyl (C=O) groups excluding carboxylic acids is 2. The van der Waals surface area contributed by atoms with Crippen molar-refractivity contribution < 1.29 is 9.59 Å². The van der Waals surface area contributed by atoms with Gasteiger partial charge in [-0.2, -0.15) is 0 Å². The number of halogens is 2. The van der Waals surface area contributed by atoms with Gasteiger partial charge >= 0.3 is 0 Å². The Morgan fingerprint density at radius 1 is 0.600 bits per heavy atom. The molecule has 0 aliphatic rings. The Bertz CT molecular complexity index is 461. The molecule has 0 fully saturated rings. The maximum atomic E-state index is 10.6. The molecule has 2 aromatic rings. The molecule has 0 saturated carbocycles. The largest absolute Gasteiger partial charge is 0.295 e. The topological polar surface area (TPSA) is 34.1 Å². The normalized spacial score (nSPS) is 8.10. The van der Waals surface area contributed by atoms with Crippen LogP contribution in [-0.2, 0) is 0 Å². The summed E-state index contributed by atoms with van der Waals surface area (Å²) in [5.41, 5.74) is 1.55. The molecule has 0 amide bonds. The van der Waals surface area contributed by atoms with Gasteiger partial charge in [0.15, 0.2) is 11.6 Å². The predicted molar refractivity (Wildman–Crippen MR) is 93.5 cm³/mol. The summed E-state index contributed by atoms with van der Waals surface area (Å²) in [7, 11) is 0. The molecular formula is C16H18Br2O2. The molecule has 0 aromatic heterocycles. The average molecular weight is 402 g/mol. The van der Waals surface area contributed by atoms with Crippen LogP contribution in [0.2, 0.25) is 0 Å². The van der Waals surface area contributed by atoms with Gasteiger partial charge in [-0.3, -0.25) is 9.59 Å². The molecule has 0 unspecified atom stereocenters. The van der Waals surface area contributed by atoms with Crippen molar-refractivity contribution in [2.24, 2.45) is 0 Å². The molecule has 2 rings (SSSR count). The number of benzene rings is 2. The lowest BCUT2D eigenvalue weighted by Crippen LogP contribution is -1.88. The number of ketones is 2. The quantitative estimate of drug-likeness (QED) is 0.668. The summed E-state index contributed by atoms with van der Waals surface area (Å²) < 4.78 is 0. The van der Waals surface area contributed by atoms with E-state index in [1.165, 1.54) is 0 Å². The Morgan fingerprint density at radius 2 is 0.850 bits per heavy atom. The highest BCUT2D eigenvalue weighted by molar-refractivity contribution is 8.93. The Kier molecular flexibility index (Phi) is 12.2. The van der Waals surface area contributed by atoms with Gasteiger partial charge in [0.1, 0.15) is 0 Å². The SMILES string of the molecule is Br.Br.CC(=O)c1ccccc1.CC(=O)c1ccccc1. The van der Waals surface area contributed by atoms with Crippen LogP contribution in [0.3, 0.4) is 0 Å². The van der Waals surface area contributed by atoms with Gasteiger partial charge in [0, 0.05) is 11.1 Å². The van der Waals surface area contributed by atoms with E-state index in [2.05, 4.69) is 0 Å². The predicted octanol–water partition coefficient (Wildman–Crippen LogP) is 4.93. The smallest absolute Gasteiger partial charge is 0.159 e. The van der Waals surface area contributed by atoms with E-state index in [-0.39, 0.29) is 45.5 Å². The molecule has 0 saturated heterocycles. The maximum absolute atomic E-state index is 10.6. The highest BCUT2D eigenvalue weighted by atomic mass is 79.9. The number of Topliss-reactive ketones (excluding diaryl/α,β-unsaturated/α-hetero) is 2. The first-order chi connectivity index (χ1) is 8.61. The molecule has 0 radical (unpaired) electrons. The summed E-state index contributed by atoms with van der Waals surface area (Å²) in [6.07, 6.45) is 0. The summed E-state index contributed by atoms with van der Waals surface area (Å²) in [4.78, 5) is 21.3. The van der Waals surface area contributed by atoms with E-state index >= 15 is 0 Å². The number of hydrogen-bond acceptors (Lipinski definition) is 2. The van der Waals surface area contributed by atoms with Crippen molar-refractivity contribution >= 4 is 45.5 Å². The summed E-state index contributed by atoms with van der Waals surface area (Å²) in [6, 6.07) is 18.5. The Labute approximate surface area is 140 Å². The van der Waals surface area contributed by atoms with Crippen LogP contribution in [0.15, 0.2) is 60.7 Å². The van der Waals surface area contributed by atoms with E-state index in [1.54, 1.807) is 13.8 Å². The average Bonchev–Trinajstić information content (AvgIpc) is 2.41. The number of rotatable bonds is 2. The minimum Gasteiger partial charge on any atom is -0.295 e. The molecule has 2 nitrogen and oxygen atoms in total. The van der Waals surface area contributed by atoms with Crippen LogP contribution in [0.25, 0.3) is 0 Å². The second kappa shape index (κ2) is 11.6. The Hall–Kier alpha value is -1.26. The van der Waals surface area contributed by atoms with E-state index in [0.717, 1.165) is 11.1 Å². The second-order valence-electron chi connectivity index (χ2n) is 3.84. The molecule has 20 heavy (non-hydrogen) atoms. The summed E-state index contributed by atoms with van der Waals surface area (Å²) >= 11 is 0. The van der Waals surface area contributed by atoms with Crippen LogP contribution in [0, 0.1) is 0 Å². The summed E-state index contributed by atoms with van der Waals surface area (Å²) in [6.45, 7) is 3.13. The van der Waals surface area contributed by atoms with Crippen LogP contribution in [0.1, 0.15) is 34.6 Å². The third-order valence-electron chi connectivity index (χ3n) is 2.36. The first kappa shape index (κ1) is 21.0. The molecule has 0 bridgehead atoms. The van der Waals surface area contributed by atoms with E-state index in [1.807, 2.05) is 60.7 Å². The first-order valence-electron chi connectivity index (χ1n) is 5.73. The lowest BCUT2D eigenvalue weighted by atomic mass is 10.2. The molecule has 0 aliphatic heterocycles. The Morgan fingerprint density at radius 3 is 1.00 bits per heavy atom. The van der Waals surface area contributed by atoms with Crippen molar-refractivity contribution in [1.29, 1.82) is 0 Å². The van der Waals surface area contributed by atoms with E-state index in [0.29, 0.717) is 0 Å². The molecule has 0 heterocycles. The van der Waals surface area contributed by atoms with Gasteiger partial charge in [0.05, 0.1) is 0 Å². The molecule has 0 spiro atoms. The van der Waals surface area contributed by atoms with E-state index in [9.17, 15) is 9.59 Å². The van der Waals surface area contributed by atoms with Crippen LogP contribution in [0.4, 0.5) is 0 Å². The standard InChI is InChI=1S/2C8H8O.2BrH/c2*1-7(9)8-5-3-2-4-6-8;;/h2*2-6H,1H3;2*1H. The molecule has 4 heteroatoms. The minimum atomic E-state index is 0. The molecule has 0 atom stereocenters. The third-order valence-corrected chi connectivity index (χ3v) is 2.36. The fourth-order valence-electron chi connectivity index (χ4n) is 1.35. The van der Waals surface area contributed by atoms with Gasteiger partial charge in [0.25, 0.3) is 0 Å². The van der Waals surface area contributed by atoms with Crippen molar-refractivity contribution in [3.63, 3.8) is 0 Å². The van der Waals surface area contributed by atoms with Crippen molar-refractivity contribution in [1.82, 2.24) is 0 Å². The summed E-state index contributed by atoms with van der Waals surface area (Å²) in [5.74, 6) is 0.242. The van der Waals surface area contributed by atoms with Gasteiger partial charge in [-0.25, -0.2) is 0 Å². The van der Waals surface area contributed by atoms with Gasteiger partial charge in [-0.15, -0.1) is 34.0 Å². The molecule has 108 valence electrons. The maximum Gasteiger partial charge on any atom is 0.159 e. The molecule has 0 N–H and O–H groups in total. The van der Waals surface area contributed by atoms with Crippen molar-refractivity contribution in [3.8, 4) is 0 Å². The fraction of sp³-hybridized carbons (Fsp3) is 0.125. The van der Waals surface area contributed by atoms with Crippen LogP contribution < -0.4 is 0 Å². The van der Waals surface area contributed by atoms with Gasteiger partial charge in [0.2, 0.25) is 0 Å². The molecular weight excluding hydrogens is 384 g/mol. The van der Waals surface area contributed by atoms with Gasteiger partial charge in [-0.05, 0) is 13.8 Å². The van der Waals surface area contributed by atoms with Crippen molar-refractivity contribution in [3.05, 3.63) is 71.8 Å². The van der Waals surface area contributed by atoms with Gasteiger partial charge in [-0.1, -0.05) is 60.7 Å². The van der Waals surface area contributed by atoms with Crippen LogP contribution in [0.5, 0.6) is 0 Å². The molecule has 2 aromatic carbocycles. The number of carbonyl (C=O) groups is 2. The Balaban J connectivity index is 0. The monoisotopic (exact) mass is 400 g/mol. The first-order valence-corrected chi connectivity index (χ1v) is 5.73. The second-order valence-corrected chi connectivity index (χ2v) is 3.84. The fourth-order valence-corrected chi connectivity index (χ4v) is 1.35.